The summed E-state index contributed by atoms with van der Waals surface area (Å²) < 4.78 is 7.48. The van der Waals surface area contributed by atoms with Crippen LogP contribution in [-0.2, 0) is 0 Å². The topological polar surface area (TPSA) is 89.1 Å². The van der Waals surface area contributed by atoms with E-state index in [0.717, 1.165) is 24.2 Å². The van der Waals surface area contributed by atoms with Crippen molar-refractivity contribution in [1.82, 2.24) is 24.6 Å². The van der Waals surface area contributed by atoms with Crippen LogP contribution in [0.3, 0.4) is 0 Å². The molecule has 5 rings (SSSR count). The first-order valence-corrected chi connectivity index (χ1v) is 10.3. The highest BCUT2D eigenvalue weighted by Gasteiger charge is 2.28. The minimum Gasteiger partial charge on any atom is -0.339 e. The minimum atomic E-state index is -0.0946. The van der Waals surface area contributed by atoms with Crippen molar-refractivity contribution in [2.45, 2.75) is 18.8 Å². The predicted molar refractivity (Wildman–Crippen MR) is 116 cm³/mol. The van der Waals surface area contributed by atoms with Crippen molar-refractivity contribution in [3.8, 4) is 17.2 Å². The number of carbonyl (C=O) groups excluding carboxylic acids is 1. The molecule has 0 radical (unpaired) electrons. The van der Waals surface area contributed by atoms with Gasteiger partial charge in [0.05, 0.1) is 0 Å². The Hall–Kier alpha value is -3.94. The van der Waals surface area contributed by atoms with Crippen LogP contribution in [0.1, 0.15) is 24.7 Å². The summed E-state index contributed by atoms with van der Waals surface area (Å²) in [7, 11) is 0. The molecule has 8 heteroatoms. The van der Waals surface area contributed by atoms with E-state index in [4.69, 9.17) is 4.52 Å². The van der Waals surface area contributed by atoms with Crippen molar-refractivity contribution >= 4 is 11.7 Å². The summed E-state index contributed by atoms with van der Waals surface area (Å²) in [6.07, 6.45) is 7.21. The van der Waals surface area contributed by atoms with E-state index in [1.54, 1.807) is 6.20 Å². The van der Waals surface area contributed by atoms with Gasteiger partial charge in [-0.05, 0) is 55.3 Å². The normalized spacial score (nSPS) is 14.5. The number of pyridine rings is 1. The van der Waals surface area contributed by atoms with E-state index >= 15 is 0 Å². The Morgan fingerprint density at radius 3 is 2.65 bits per heavy atom. The average molecular weight is 414 g/mol. The van der Waals surface area contributed by atoms with Gasteiger partial charge in [0, 0.05) is 49.0 Å². The molecule has 8 nitrogen and oxygen atoms in total. The molecular formula is C23H22N6O2. The summed E-state index contributed by atoms with van der Waals surface area (Å²) in [5.41, 5.74) is 2.47. The summed E-state index contributed by atoms with van der Waals surface area (Å²) in [5.74, 6) is 1.25. The molecule has 4 heterocycles. The number of anilines is 1. The second-order valence-corrected chi connectivity index (χ2v) is 7.50. The van der Waals surface area contributed by atoms with Crippen LogP contribution >= 0.6 is 0 Å². The lowest BCUT2D eigenvalue weighted by Gasteiger charge is -2.30. The van der Waals surface area contributed by atoms with Gasteiger partial charge in [-0.1, -0.05) is 17.3 Å². The average Bonchev–Trinajstić information content (AvgIpc) is 3.53. The largest absolute Gasteiger partial charge is 0.339 e. The minimum absolute atomic E-state index is 0.0946. The maximum Gasteiger partial charge on any atom is 0.321 e. The molecule has 1 saturated heterocycles. The number of hydrogen-bond acceptors (Lipinski definition) is 5. The first kappa shape index (κ1) is 19.0. The second kappa shape index (κ2) is 8.43. The number of nitrogens with zero attached hydrogens (tertiary/aromatic N) is 5. The van der Waals surface area contributed by atoms with Gasteiger partial charge in [-0.3, -0.25) is 4.98 Å². The summed E-state index contributed by atoms with van der Waals surface area (Å²) >= 11 is 0. The Morgan fingerprint density at radius 1 is 1.03 bits per heavy atom. The number of aromatic nitrogens is 4. The quantitative estimate of drug-likeness (QED) is 0.537. The first-order valence-electron chi connectivity index (χ1n) is 10.3. The lowest BCUT2D eigenvalue weighted by Crippen LogP contribution is -2.40. The fourth-order valence-corrected chi connectivity index (χ4v) is 3.78. The Kier molecular flexibility index (Phi) is 5.18. The molecule has 31 heavy (non-hydrogen) atoms. The highest BCUT2D eigenvalue weighted by Crippen LogP contribution is 2.28. The first-order chi connectivity index (χ1) is 15.3. The molecule has 1 aliphatic rings. The molecule has 0 unspecified atom stereocenters. The second-order valence-electron chi connectivity index (χ2n) is 7.50. The van der Waals surface area contributed by atoms with Gasteiger partial charge in [-0.25, -0.2) is 4.79 Å². The molecule has 1 aliphatic heterocycles. The number of benzene rings is 1. The molecule has 0 atom stereocenters. The third-order valence-corrected chi connectivity index (χ3v) is 5.47. The van der Waals surface area contributed by atoms with E-state index < -0.39 is 0 Å². The van der Waals surface area contributed by atoms with Gasteiger partial charge in [0.1, 0.15) is 5.69 Å². The van der Waals surface area contributed by atoms with Crippen molar-refractivity contribution < 1.29 is 9.32 Å². The lowest BCUT2D eigenvalue weighted by atomic mass is 9.97. The molecule has 156 valence electrons. The molecule has 1 aromatic carbocycles. The van der Waals surface area contributed by atoms with Crippen LogP contribution < -0.4 is 5.32 Å². The lowest BCUT2D eigenvalue weighted by molar-refractivity contribution is 0.187. The standard InChI is InChI=1S/C23H22N6O2/c30-23(25-18-6-5-7-19(16-18)28-12-3-4-13-28)29-14-9-17(10-15-29)22-26-21(27-31-22)20-8-1-2-11-24-20/h1-8,11-13,16-17H,9-10,14-15H2,(H,25,30). The van der Waals surface area contributed by atoms with Crippen molar-refractivity contribution in [1.29, 1.82) is 0 Å². The fourth-order valence-electron chi connectivity index (χ4n) is 3.78. The van der Waals surface area contributed by atoms with Gasteiger partial charge in [0.2, 0.25) is 11.7 Å². The van der Waals surface area contributed by atoms with E-state index in [1.807, 2.05) is 76.5 Å². The van der Waals surface area contributed by atoms with Crippen molar-refractivity contribution in [3.05, 3.63) is 79.1 Å². The zero-order valence-electron chi connectivity index (χ0n) is 16.9. The van der Waals surface area contributed by atoms with Crippen LogP contribution in [0, 0.1) is 0 Å². The van der Waals surface area contributed by atoms with Crippen molar-refractivity contribution in [2.75, 3.05) is 18.4 Å². The zero-order valence-corrected chi connectivity index (χ0v) is 16.9. The van der Waals surface area contributed by atoms with Crippen LogP contribution in [0.2, 0.25) is 0 Å². The fraction of sp³-hybridized carbons (Fsp3) is 0.217. The number of hydrogen-bond donors (Lipinski definition) is 1. The van der Waals surface area contributed by atoms with Crippen molar-refractivity contribution in [3.63, 3.8) is 0 Å². The van der Waals surface area contributed by atoms with E-state index in [-0.39, 0.29) is 11.9 Å². The predicted octanol–water partition coefficient (Wildman–Crippen LogP) is 4.33. The summed E-state index contributed by atoms with van der Waals surface area (Å²) in [6.45, 7) is 1.27. The van der Waals surface area contributed by atoms with E-state index in [9.17, 15) is 4.79 Å². The molecule has 0 bridgehead atoms. The number of rotatable bonds is 4. The maximum absolute atomic E-state index is 12.7. The van der Waals surface area contributed by atoms with Gasteiger partial charge in [-0.2, -0.15) is 4.98 Å². The van der Waals surface area contributed by atoms with Gasteiger partial charge in [0.25, 0.3) is 0 Å². The van der Waals surface area contributed by atoms with Crippen LogP contribution in [-0.4, -0.2) is 43.7 Å². The SMILES string of the molecule is O=C(Nc1cccc(-n2cccc2)c1)N1CCC(c2nc(-c3ccccn3)no2)CC1. The van der Waals surface area contributed by atoms with Crippen LogP contribution in [0.5, 0.6) is 0 Å². The number of carbonyl (C=O) groups is 1. The summed E-state index contributed by atoms with van der Waals surface area (Å²) in [5, 5.41) is 7.07. The molecular weight excluding hydrogens is 392 g/mol. The molecule has 0 aliphatic carbocycles. The zero-order chi connectivity index (χ0) is 21.0. The smallest absolute Gasteiger partial charge is 0.321 e. The molecule has 0 saturated carbocycles. The Morgan fingerprint density at radius 2 is 1.87 bits per heavy atom. The third kappa shape index (κ3) is 4.18. The molecule has 0 spiro atoms. The molecule has 2 amide bonds. The number of likely N-dealkylation sites (tertiary alicyclic amines) is 1. The molecule has 4 aromatic rings. The molecule has 1 fully saturated rings. The number of amides is 2. The third-order valence-electron chi connectivity index (χ3n) is 5.47. The van der Waals surface area contributed by atoms with E-state index in [2.05, 4.69) is 20.4 Å². The van der Waals surface area contributed by atoms with Gasteiger partial charge in [-0.15, -0.1) is 0 Å². The maximum atomic E-state index is 12.7. The summed E-state index contributed by atoms with van der Waals surface area (Å²) in [4.78, 5) is 23.3. The molecule has 3 aromatic heterocycles. The van der Waals surface area contributed by atoms with Gasteiger partial charge < -0.3 is 19.3 Å². The van der Waals surface area contributed by atoms with Crippen LogP contribution in [0.15, 0.2) is 77.7 Å². The monoisotopic (exact) mass is 414 g/mol. The highest BCUT2D eigenvalue weighted by atomic mass is 16.5. The van der Waals surface area contributed by atoms with Crippen LogP contribution in [0.25, 0.3) is 17.2 Å². The number of piperidine rings is 1. The number of urea groups is 1. The number of nitrogens with one attached hydrogen (secondary N) is 1. The van der Waals surface area contributed by atoms with E-state index in [1.165, 1.54) is 0 Å². The Bertz CT molecular complexity index is 1150. The van der Waals surface area contributed by atoms with Crippen molar-refractivity contribution in [2.24, 2.45) is 0 Å². The summed E-state index contributed by atoms with van der Waals surface area (Å²) in [6, 6.07) is 17.2. The van der Waals surface area contributed by atoms with Gasteiger partial charge in [0.15, 0.2) is 0 Å². The van der Waals surface area contributed by atoms with Gasteiger partial charge >= 0.3 is 6.03 Å². The van der Waals surface area contributed by atoms with E-state index in [0.29, 0.717) is 30.5 Å². The highest BCUT2D eigenvalue weighted by molar-refractivity contribution is 5.89. The molecule has 1 N–H and O–H groups in total. The Balaban J connectivity index is 1.19. The van der Waals surface area contributed by atoms with Crippen LogP contribution in [0.4, 0.5) is 10.5 Å². The Labute approximate surface area is 179 Å².